The lowest BCUT2D eigenvalue weighted by atomic mass is 10.1. The Balaban J connectivity index is 1.51. The Morgan fingerprint density at radius 3 is 2.56 bits per heavy atom. The van der Waals surface area contributed by atoms with Crippen molar-refractivity contribution < 1.29 is 4.74 Å². The van der Waals surface area contributed by atoms with E-state index in [9.17, 15) is 0 Å². The molecule has 142 valence electrons. The first kappa shape index (κ1) is 18.1. The summed E-state index contributed by atoms with van der Waals surface area (Å²) < 4.78 is 7.66. The van der Waals surface area contributed by atoms with Crippen LogP contribution in [0.2, 0.25) is 0 Å². The molecule has 0 unspecified atom stereocenters. The normalized spacial score (nSPS) is 14.1. The maximum atomic E-state index is 5.25. The van der Waals surface area contributed by atoms with Gasteiger partial charge in [0, 0.05) is 42.0 Å². The number of methoxy groups -OCH3 is 1. The molecule has 4 nitrogen and oxygen atoms in total. The molecule has 27 heavy (non-hydrogen) atoms. The molecule has 3 aromatic rings. The van der Waals surface area contributed by atoms with Crippen LogP contribution >= 0.6 is 11.3 Å². The lowest BCUT2D eigenvalue weighted by Gasteiger charge is -2.12. The molecule has 1 aromatic carbocycles. The molecule has 0 radical (unpaired) electrons. The molecule has 1 aliphatic rings. The zero-order chi connectivity index (χ0) is 18.8. The quantitative estimate of drug-likeness (QED) is 0.596. The van der Waals surface area contributed by atoms with Gasteiger partial charge in [-0.15, -0.1) is 11.3 Å². The summed E-state index contributed by atoms with van der Waals surface area (Å²) in [5.74, 6) is 0.909. The molecular weight excluding hydrogens is 354 g/mol. The lowest BCUT2D eigenvalue weighted by molar-refractivity contribution is 0.414. The van der Waals surface area contributed by atoms with Crippen molar-refractivity contribution in [3.63, 3.8) is 0 Å². The summed E-state index contributed by atoms with van der Waals surface area (Å²) in [5.41, 5.74) is 6.32. The first-order valence-corrected chi connectivity index (χ1v) is 10.5. The van der Waals surface area contributed by atoms with Crippen LogP contribution < -0.4 is 9.64 Å². The second kappa shape index (κ2) is 7.77. The van der Waals surface area contributed by atoms with Crippen molar-refractivity contribution in [2.45, 2.75) is 39.7 Å². The van der Waals surface area contributed by atoms with Crippen molar-refractivity contribution in [3.8, 4) is 17.0 Å². The van der Waals surface area contributed by atoms with E-state index in [0.717, 1.165) is 37.5 Å². The van der Waals surface area contributed by atoms with Gasteiger partial charge < -0.3 is 14.2 Å². The summed E-state index contributed by atoms with van der Waals surface area (Å²) in [5, 5.41) is 3.38. The Labute approximate surface area is 165 Å². The number of rotatable bonds is 6. The standard InChI is InChI=1S/C22H27N3OS/c1-16-14-20(21-15-27-22(23-21)24-11-4-5-12-24)17(2)25(16)13-10-18-6-8-19(26-3)9-7-18/h6-9,14-15H,4-5,10-13H2,1-3H3. The zero-order valence-corrected chi connectivity index (χ0v) is 17.2. The smallest absolute Gasteiger partial charge is 0.185 e. The number of hydrogen-bond donors (Lipinski definition) is 0. The number of aryl methyl sites for hydroxylation is 2. The molecule has 5 heteroatoms. The van der Waals surface area contributed by atoms with Crippen LogP contribution in [0, 0.1) is 13.8 Å². The highest BCUT2D eigenvalue weighted by atomic mass is 32.1. The van der Waals surface area contributed by atoms with Crippen LogP contribution in [0.15, 0.2) is 35.7 Å². The lowest BCUT2D eigenvalue weighted by Crippen LogP contribution is -2.17. The van der Waals surface area contributed by atoms with Crippen LogP contribution in [0.5, 0.6) is 5.75 Å². The molecule has 0 amide bonds. The highest BCUT2D eigenvalue weighted by Crippen LogP contribution is 2.32. The maximum Gasteiger partial charge on any atom is 0.185 e. The summed E-state index contributed by atoms with van der Waals surface area (Å²) in [6.07, 6.45) is 3.58. The van der Waals surface area contributed by atoms with Gasteiger partial charge in [0.2, 0.25) is 0 Å². The van der Waals surface area contributed by atoms with E-state index in [1.54, 1.807) is 18.4 Å². The number of anilines is 1. The minimum atomic E-state index is 0.909. The van der Waals surface area contributed by atoms with Gasteiger partial charge in [0.15, 0.2) is 5.13 Å². The van der Waals surface area contributed by atoms with E-state index in [1.165, 1.54) is 40.5 Å². The van der Waals surface area contributed by atoms with Crippen LogP contribution in [0.3, 0.4) is 0 Å². The summed E-state index contributed by atoms with van der Waals surface area (Å²) in [6, 6.07) is 10.6. The largest absolute Gasteiger partial charge is 0.497 e. The second-order valence-electron chi connectivity index (χ2n) is 7.24. The third-order valence-corrected chi connectivity index (χ3v) is 6.40. The number of thiazole rings is 1. The summed E-state index contributed by atoms with van der Waals surface area (Å²) >= 11 is 1.77. The van der Waals surface area contributed by atoms with E-state index >= 15 is 0 Å². The highest BCUT2D eigenvalue weighted by Gasteiger charge is 2.18. The van der Waals surface area contributed by atoms with E-state index in [4.69, 9.17) is 9.72 Å². The van der Waals surface area contributed by atoms with Gasteiger partial charge >= 0.3 is 0 Å². The summed E-state index contributed by atoms with van der Waals surface area (Å²) in [6.45, 7) is 7.68. The minimum Gasteiger partial charge on any atom is -0.497 e. The van der Waals surface area contributed by atoms with Gasteiger partial charge in [-0.3, -0.25) is 0 Å². The van der Waals surface area contributed by atoms with E-state index in [2.05, 4.69) is 46.9 Å². The molecule has 0 aliphatic carbocycles. The van der Waals surface area contributed by atoms with E-state index < -0.39 is 0 Å². The Morgan fingerprint density at radius 1 is 1.11 bits per heavy atom. The second-order valence-corrected chi connectivity index (χ2v) is 8.08. The van der Waals surface area contributed by atoms with Crippen LogP contribution in [0.25, 0.3) is 11.3 Å². The van der Waals surface area contributed by atoms with Gasteiger partial charge in [-0.05, 0) is 56.9 Å². The Hall–Kier alpha value is -2.27. The molecule has 1 fully saturated rings. The van der Waals surface area contributed by atoms with Gasteiger partial charge in [-0.25, -0.2) is 4.98 Å². The monoisotopic (exact) mass is 381 g/mol. The molecule has 0 spiro atoms. The van der Waals surface area contributed by atoms with Crippen LogP contribution in [0.4, 0.5) is 5.13 Å². The Morgan fingerprint density at radius 2 is 1.85 bits per heavy atom. The van der Waals surface area contributed by atoms with Crippen molar-refractivity contribution in [2.24, 2.45) is 0 Å². The first-order chi connectivity index (χ1) is 13.2. The fourth-order valence-electron chi connectivity index (χ4n) is 3.88. The number of ether oxygens (including phenoxy) is 1. The molecular formula is C22H27N3OS. The Kier molecular flexibility index (Phi) is 5.21. The molecule has 1 aliphatic heterocycles. The molecule has 2 aromatic heterocycles. The SMILES string of the molecule is COc1ccc(CCn2c(C)cc(-c3csc(N4CCCC4)n3)c2C)cc1. The highest BCUT2D eigenvalue weighted by molar-refractivity contribution is 7.14. The molecule has 0 bridgehead atoms. The molecule has 1 saturated heterocycles. The molecule has 0 N–H and O–H groups in total. The van der Waals surface area contributed by atoms with Gasteiger partial charge in [-0.2, -0.15) is 0 Å². The average Bonchev–Trinajstić information content (AvgIpc) is 3.42. The number of aromatic nitrogens is 2. The fourth-order valence-corrected chi connectivity index (χ4v) is 4.76. The summed E-state index contributed by atoms with van der Waals surface area (Å²) in [4.78, 5) is 7.35. The van der Waals surface area contributed by atoms with Crippen molar-refractivity contribution >= 4 is 16.5 Å². The molecule has 0 saturated carbocycles. The molecule has 0 atom stereocenters. The summed E-state index contributed by atoms with van der Waals surface area (Å²) in [7, 11) is 1.71. The number of hydrogen-bond acceptors (Lipinski definition) is 4. The minimum absolute atomic E-state index is 0.909. The zero-order valence-electron chi connectivity index (χ0n) is 16.4. The predicted octanol–water partition coefficient (Wildman–Crippen LogP) is 5.08. The molecule has 4 rings (SSSR count). The Bertz CT molecular complexity index is 904. The van der Waals surface area contributed by atoms with Gasteiger partial charge in [0.25, 0.3) is 0 Å². The predicted molar refractivity (Wildman–Crippen MR) is 113 cm³/mol. The van der Waals surface area contributed by atoms with Gasteiger partial charge in [-0.1, -0.05) is 12.1 Å². The van der Waals surface area contributed by atoms with Crippen molar-refractivity contribution in [3.05, 3.63) is 52.7 Å². The van der Waals surface area contributed by atoms with E-state index in [1.807, 2.05) is 12.1 Å². The van der Waals surface area contributed by atoms with E-state index in [0.29, 0.717) is 0 Å². The maximum absolute atomic E-state index is 5.25. The third-order valence-electron chi connectivity index (χ3n) is 5.50. The van der Waals surface area contributed by atoms with Crippen LogP contribution in [-0.4, -0.2) is 29.8 Å². The van der Waals surface area contributed by atoms with Gasteiger partial charge in [0.1, 0.15) is 5.75 Å². The number of nitrogens with zero attached hydrogens (tertiary/aromatic N) is 3. The number of benzene rings is 1. The fraction of sp³-hybridized carbons (Fsp3) is 0.409. The van der Waals surface area contributed by atoms with Gasteiger partial charge in [0.05, 0.1) is 12.8 Å². The van der Waals surface area contributed by atoms with Crippen LogP contribution in [0.1, 0.15) is 29.8 Å². The van der Waals surface area contributed by atoms with Crippen molar-refractivity contribution in [1.29, 1.82) is 0 Å². The topological polar surface area (TPSA) is 30.3 Å². The van der Waals surface area contributed by atoms with E-state index in [-0.39, 0.29) is 0 Å². The average molecular weight is 382 g/mol. The first-order valence-electron chi connectivity index (χ1n) is 9.66. The van der Waals surface area contributed by atoms with Crippen LogP contribution in [-0.2, 0) is 13.0 Å². The third kappa shape index (κ3) is 3.74. The van der Waals surface area contributed by atoms with Crippen molar-refractivity contribution in [2.75, 3.05) is 25.1 Å². The van der Waals surface area contributed by atoms with Crippen molar-refractivity contribution in [1.82, 2.24) is 9.55 Å². The molecule has 3 heterocycles.